The number of methoxy groups -OCH3 is 1. The molecule has 0 aliphatic heterocycles. The molecule has 0 spiro atoms. The first-order valence-electron chi connectivity index (χ1n) is 9.30. The molecule has 1 atom stereocenters. The Hall–Kier alpha value is -3.79. The number of likely N-dealkylation sites (N-methyl/N-ethyl adjacent to an activating group) is 1. The molecule has 0 fully saturated rings. The maximum atomic E-state index is 12.4. The molecule has 0 unspecified atom stereocenters. The van der Waals surface area contributed by atoms with E-state index >= 15 is 0 Å². The van der Waals surface area contributed by atoms with Crippen LogP contribution >= 0.6 is 0 Å². The molecule has 0 aliphatic rings. The minimum absolute atomic E-state index is 0.0947. The second kappa shape index (κ2) is 11.3. The SMILES string of the molecule is COc1cc(/C=C/C(=O)O[C@H](C)C(=O)N(C)Cc2ccccc2)ccc1OCC#N. The molecule has 1 amide bonds. The van der Waals surface area contributed by atoms with Crippen LogP contribution in [0.3, 0.4) is 0 Å². The molecule has 0 heterocycles. The number of benzene rings is 2. The van der Waals surface area contributed by atoms with E-state index in [-0.39, 0.29) is 12.5 Å². The molecule has 0 radical (unpaired) electrons. The van der Waals surface area contributed by atoms with Gasteiger partial charge in [0.05, 0.1) is 7.11 Å². The molecule has 0 bridgehead atoms. The Morgan fingerprint density at radius 3 is 2.57 bits per heavy atom. The zero-order valence-corrected chi connectivity index (χ0v) is 17.2. The Morgan fingerprint density at radius 2 is 1.90 bits per heavy atom. The highest BCUT2D eigenvalue weighted by atomic mass is 16.5. The fourth-order valence-electron chi connectivity index (χ4n) is 2.69. The summed E-state index contributed by atoms with van der Waals surface area (Å²) in [5, 5.41) is 8.60. The van der Waals surface area contributed by atoms with Gasteiger partial charge < -0.3 is 19.1 Å². The molecule has 7 heteroatoms. The molecule has 30 heavy (non-hydrogen) atoms. The highest BCUT2D eigenvalue weighted by Crippen LogP contribution is 2.28. The topological polar surface area (TPSA) is 88.9 Å². The molecular weight excluding hydrogens is 384 g/mol. The van der Waals surface area contributed by atoms with E-state index in [1.807, 2.05) is 36.4 Å². The summed E-state index contributed by atoms with van der Waals surface area (Å²) < 4.78 is 15.7. The molecule has 7 nitrogen and oxygen atoms in total. The van der Waals surface area contributed by atoms with E-state index in [0.29, 0.717) is 23.6 Å². The minimum atomic E-state index is -0.910. The zero-order valence-electron chi connectivity index (χ0n) is 17.2. The van der Waals surface area contributed by atoms with Gasteiger partial charge in [-0.05, 0) is 36.3 Å². The van der Waals surface area contributed by atoms with E-state index in [1.165, 1.54) is 18.1 Å². The van der Waals surface area contributed by atoms with Crippen LogP contribution in [0, 0.1) is 11.3 Å². The van der Waals surface area contributed by atoms with E-state index < -0.39 is 12.1 Å². The first kappa shape index (κ1) is 22.5. The predicted octanol–water partition coefficient (Wildman–Crippen LogP) is 3.20. The Morgan fingerprint density at radius 1 is 1.17 bits per heavy atom. The minimum Gasteiger partial charge on any atom is -0.493 e. The molecule has 0 aromatic heterocycles. The third-order valence-electron chi connectivity index (χ3n) is 4.17. The lowest BCUT2D eigenvalue weighted by Crippen LogP contribution is -2.36. The lowest BCUT2D eigenvalue weighted by molar-refractivity contribution is -0.154. The summed E-state index contributed by atoms with van der Waals surface area (Å²) >= 11 is 0. The van der Waals surface area contributed by atoms with E-state index in [9.17, 15) is 9.59 Å². The van der Waals surface area contributed by atoms with Crippen LogP contribution in [-0.4, -0.2) is 43.6 Å². The van der Waals surface area contributed by atoms with Crippen molar-refractivity contribution in [2.75, 3.05) is 20.8 Å². The van der Waals surface area contributed by atoms with Crippen molar-refractivity contribution in [1.82, 2.24) is 4.90 Å². The fourth-order valence-corrected chi connectivity index (χ4v) is 2.69. The molecular formula is C23H24N2O5. The van der Waals surface area contributed by atoms with Crippen molar-refractivity contribution in [3.8, 4) is 17.6 Å². The number of amides is 1. The number of ether oxygens (including phenoxy) is 3. The summed E-state index contributed by atoms with van der Waals surface area (Å²) in [7, 11) is 3.15. The van der Waals surface area contributed by atoms with Crippen molar-refractivity contribution >= 4 is 18.0 Å². The van der Waals surface area contributed by atoms with Crippen LogP contribution in [0.5, 0.6) is 11.5 Å². The first-order valence-corrected chi connectivity index (χ1v) is 9.30. The summed E-state index contributed by atoms with van der Waals surface area (Å²) in [6, 6.07) is 16.5. The number of carbonyl (C=O) groups is 2. The van der Waals surface area contributed by atoms with Crippen LogP contribution in [0.4, 0.5) is 0 Å². The van der Waals surface area contributed by atoms with E-state index in [1.54, 1.807) is 38.2 Å². The molecule has 2 rings (SSSR count). The third-order valence-corrected chi connectivity index (χ3v) is 4.17. The van der Waals surface area contributed by atoms with Crippen molar-refractivity contribution in [2.45, 2.75) is 19.6 Å². The van der Waals surface area contributed by atoms with Crippen molar-refractivity contribution in [2.24, 2.45) is 0 Å². The number of hydrogen-bond donors (Lipinski definition) is 0. The molecule has 2 aromatic rings. The molecule has 2 aromatic carbocycles. The number of esters is 1. The Balaban J connectivity index is 1.93. The summed E-state index contributed by atoms with van der Waals surface area (Å²) in [4.78, 5) is 26.1. The largest absolute Gasteiger partial charge is 0.493 e. The second-order valence-electron chi connectivity index (χ2n) is 6.45. The maximum absolute atomic E-state index is 12.4. The van der Waals surface area contributed by atoms with Gasteiger partial charge in [0.2, 0.25) is 0 Å². The highest BCUT2D eigenvalue weighted by Gasteiger charge is 2.20. The molecule has 0 saturated carbocycles. The fraction of sp³-hybridized carbons (Fsp3) is 0.261. The third kappa shape index (κ3) is 6.67. The van der Waals surface area contributed by atoms with Gasteiger partial charge in [-0.15, -0.1) is 0 Å². The van der Waals surface area contributed by atoms with Crippen molar-refractivity contribution < 1.29 is 23.8 Å². The monoisotopic (exact) mass is 408 g/mol. The van der Waals surface area contributed by atoms with E-state index in [0.717, 1.165) is 5.56 Å². The average Bonchev–Trinajstić information content (AvgIpc) is 2.76. The van der Waals surface area contributed by atoms with Crippen molar-refractivity contribution in [3.63, 3.8) is 0 Å². The van der Waals surface area contributed by atoms with Crippen molar-refractivity contribution in [1.29, 1.82) is 5.26 Å². The summed E-state index contributed by atoms with van der Waals surface area (Å²) in [6.07, 6.45) is 1.88. The van der Waals surface area contributed by atoms with Crippen LogP contribution in [0.25, 0.3) is 6.08 Å². The quantitative estimate of drug-likeness (QED) is 0.468. The highest BCUT2D eigenvalue weighted by molar-refractivity contribution is 5.90. The van der Waals surface area contributed by atoms with Gasteiger partial charge >= 0.3 is 5.97 Å². The predicted molar refractivity (Wildman–Crippen MR) is 112 cm³/mol. The molecule has 0 saturated heterocycles. The van der Waals surface area contributed by atoms with Gasteiger partial charge in [0.15, 0.2) is 24.2 Å². The number of hydrogen-bond acceptors (Lipinski definition) is 6. The van der Waals surface area contributed by atoms with Gasteiger partial charge in [-0.2, -0.15) is 5.26 Å². The first-order chi connectivity index (χ1) is 14.4. The number of nitrogens with zero attached hydrogens (tertiary/aromatic N) is 2. The smallest absolute Gasteiger partial charge is 0.331 e. The van der Waals surface area contributed by atoms with Gasteiger partial charge in [0.1, 0.15) is 6.07 Å². The standard InChI is InChI=1S/C23H24N2O5/c1-17(23(27)25(2)16-19-7-5-4-6-8-19)30-22(26)12-10-18-9-11-20(29-14-13-24)21(15-18)28-3/h4-12,15,17H,14,16H2,1-3H3/b12-10+/t17-/m1/s1. The van der Waals surface area contributed by atoms with E-state index in [4.69, 9.17) is 19.5 Å². The van der Waals surface area contributed by atoms with Gasteiger partial charge in [-0.1, -0.05) is 36.4 Å². The number of carbonyl (C=O) groups excluding carboxylic acids is 2. The van der Waals surface area contributed by atoms with Crippen LogP contribution in [-0.2, 0) is 20.9 Å². The normalized spacial score (nSPS) is 11.4. The Kier molecular flexibility index (Phi) is 8.45. The van der Waals surface area contributed by atoms with Crippen LogP contribution in [0.2, 0.25) is 0 Å². The number of nitriles is 1. The maximum Gasteiger partial charge on any atom is 0.331 e. The average molecular weight is 408 g/mol. The lowest BCUT2D eigenvalue weighted by Gasteiger charge is -2.21. The molecule has 0 aliphatic carbocycles. The van der Waals surface area contributed by atoms with Gasteiger partial charge in [0, 0.05) is 19.7 Å². The summed E-state index contributed by atoms with van der Waals surface area (Å²) in [5.41, 5.74) is 1.66. The Labute approximate surface area is 176 Å². The number of rotatable bonds is 9. The summed E-state index contributed by atoms with van der Waals surface area (Å²) in [5.74, 6) is -0.0553. The van der Waals surface area contributed by atoms with Crippen molar-refractivity contribution in [3.05, 3.63) is 65.7 Å². The van der Waals surface area contributed by atoms with Crippen LogP contribution < -0.4 is 9.47 Å². The molecule has 0 N–H and O–H groups in total. The van der Waals surface area contributed by atoms with Gasteiger partial charge in [0.25, 0.3) is 5.91 Å². The molecule has 156 valence electrons. The zero-order chi connectivity index (χ0) is 21.9. The van der Waals surface area contributed by atoms with Crippen LogP contribution in [0.15, 0.2) is 54.6 Å². The van der Waals surface area contributed by atoms with Gasteiger partial charge in [-0.25, -0.2) is 4.79 Å². The second-order valence-corrected chi connectivity index (χ2v) is 6.45. The lowest BCUT2D eigenvalue weighted by atomic mass is 10.2. The Bertz CT molecular complexity index is 934. The van der Waals surface area contributed by atoms with Crippen LogP contribution in [0.1, 0.15) is 18.1 Å². The van der Waals surface area contributed by atoms with Gasteiger partial charge in [-0.3, -0.25) is 4.79 Å². The summed E-state index contributed by atoms with van der Waals surface area (Å²) in [6.45, 7) is 1.87. The van der Waals surface area contributed by atoms with E-state index in [2.05, 4.69) is 0 Å².